The Hall–Kier alpha value is -1.61. The summed E-state index contributed by atoms with van der Waals surface area (Å²) in [7, 11) is -0.781. The summed E-state index contributed by atoms with van der Waals surface area (Å²) in [6.45, 7) is 6.04. The predicted octanol–water partition coefficient (Wildman–Crippen LogP) is 3.46. The van der Waals surface area contributed by atoms with E-state index in [0.29, 0.717) is 0 Å². The third kappa shape index (κ3) is 5.20. The van der Waals surface area contributed by atoms with E-state index < -0.39 is 39.8 Å². The average Bonchev–Trinajstić information content (AvgIpc) is 2.52. The van der Waals surface area contributed by atoms with E-state index in [0.717, 1.165) is 0 Å². The van der Waals surface area contributed by atoms with Gasteiger partial charge in [-0.2, -0.15) is 13.2 Å². The van der Waals surface area contributed by atoms with Crippen molar-refractivity contribution in [2.45, 2.75) is 50.6 Å². The summed E-state index contributed by atoms with van der Waals surface area (Å²) in [5, 5.41) is 0. The Labute approximate surface area is 153 Å². The number of hydrogen-bond donors (Lipinski definition) is 1. The first-order valence-electron chi connectivity index (χ1n) is 7.94. The van der Waals surface area contributed by atoms with Crippen LogP contribution in [0.25, 0.3) is 0 Å². The van der Waals surface area contributed by atoms with Gasteiger partial charge in [-0.05, 0) is 45.4 Å². The number of hydrogen-bond acceptors (Lipinski definition) is 4. The van der Waals surface area contributed by atoms with Crippen LogP contribution in [0.3, 0.4) is 0 Å². The Kier molecular flexibility index (Phi) is 7.24. The largest absolute Gasteiger partial charge is 0.497 e. The molecule has 0 saturated carbocycles. The van der Waals surface area contributed by atoms with E-state index in [4.69, 9.17) is 9.47 Å². The Morgan fingerprint density at radius 2 is 1.85 bits per heavy atom. The molecule has 9 heteroatoms. The molecule has 0 fully saturated rings. The number of rotatable bonds is 7. The monoisotopic (exact) mass is 395 g/mol. The maximum Gasteiger partial charge on any atom is 0.412 e. The van der Waals surface area contributed by atoms with Crippen LogP contribution in [-0.4, -0.2) is 34.8 Å². The number of ether oxygens (including phenoxy) is 2. The number of carbonyl (C=O) groups is 1. The Morgan fingerprint density at radius 3 is 2.31 bits per heavy atom. The number of carbonyl (C=O) groups excluding carboxylic acids is 1. The van der Waals surface area contributed by atoms with Gasteiger partial charge >= 0.3 is 12.1 Å². The summed E-state index contributed by atoms with van der Waals surface area (Å²) in [4.78, 5) is 12.0. The van der Waals surface area contributed by atoms with Gasteiger partial charge < -0.3 is 9.47 Å². The normalized spacial score (nSPS) is 15.8. The van der Waals surface area contributed by atoms with Gasteiger partial charge in [-0.3, -0.25) is 4.79 Å². The van der Waals surface area contributed by atoms with Crippen molar-refractivity contribution in [3.63, 3.8) is 0 Å². The van der Waals surface area contributed by atoms with Crippen LogP contribution in [0.2, 0.25) is 0 Å². The molecule has 1 aromatic carbocycles. The topological polar surface area (TPSA) is 64.6 Å². The Morgan fingerprint density at radius 1 is 1.23 bits per heavy atom. The van der Waals surface area contributed by atoms with Crippen LogP contribution in [0.5, 0.6) is 5.75 Å². The zero-order valence-corrected chi connectivity index (χ0v) is 16.2. The summed E-state index contributed by atoms with van der Waals surface area (Å²) >= 11 is 0. The lowest BCUT2D eigenvalue weighted by atomic mass is 9.86. The molecular weight excluding hydrogens is 371 g/mol. The van der Waals surface area contributed by atoms with Crippen molar-refractivity contribution in [1.29, 1.82) is 0 Å². The fraction of sp³-hybridized carbons (Fsp3) is 0.588. The van der Waals surface area contributed by atoms with E-state index in [9.17, 15) is 22.2 Å². The molecule has 0 unspecified atom stereocenters. The maximum absolute atomic E-state index is 14.2. The third-order valence-electron chi connectivity index (χ3n) is 3.58. The average molecular weight is 395 g/mol. The standard InChI is InChI=1S/C17H24F3NO4S/c1-6-25-14(22)11-16(17(18,19)20,21-26(23)15(2,3)4)12-8-7-9-13(10-12)24-5/h7-10,21H,6,11H2,1-5H3/t16-,26-/m0/s1. The van der Waals surface area contributed by atoms with E-state index in [1.165, 1.54) is 59.1 Å². The van der Waals surface area contributed by atoms with E-state index in [1.54, 1.807) is 0 Å². The minimum absolute atomic E-state index is 0.0623. The first-order valence-corrected chi connectivity index (χ1v) is 9.09. The zero-order chi connectivity index (χ0) is 20.2. The van der Waals surface area contributed by atoms with Gasteiger partial charge in [0, 0.05) is 0 Å². The highest BCUT2D eigenvalue weighted by Gasteiger charge is 2.59. The van der Waals surface area contributed by atoms with Crippen LogP contribution in [-0.2, 0) is 26.1 Å². The van der Waals surface area contributed by atoms with Crippen molar-refractivity contribution in [3.05, 3.63) is 29.8 Å². The van der Waals surface area contributed by atoms with Crippen LogP contribution in [0, 0.1) is 0 Å². The van der Waals surface area contributed by atoms with Crippen LogP contribution in [0.1, 0.15) is 39.7 Å². The minimum Gasteiger partial charge on any atom is -0.497 e. The molecule has 0 aliphatic carbocycles. The maximum atomic E-state index is 14.2. The van der Waals surface area contributed by atoms with E-state index in [-0.39, 0.29) is 17.9 Å². The molecule has 5 nitrogen and oxygen atoms in total. The summed E-state index contributed by atoms with van der Waals surface area (Å²) in [5.74, 6) is -0.866. The van der Waals surface area contributed by atoms with Crippen molar-refractivity contribution in [2.75, 3.05) is 13.7 Å². The molecule has 1 aromatic rings. The smallest absolute Gasteiger partial charge is 0.412 e. The summed E-state index contributed by atoms with van der Waals surface area (Å²) in [6.07, 6.45) is -5.98. The first-order chi connectivity index (χ1) is 11.9. The number of nitrogens with one attached hydrogen (secondary N) is 1. The van der Waals surface area contributed by atoms with E-state index >= 15 is 0 Å². The highest BCUT2D eigenvalue weighted by Crippen LogP contribution is 2.43. The molecule has 0 bridgehead atoms. The van der Waals surface area contributed by atoms with Crippen LogP contribution in [0.4, 0.5) is 13.2 Å². The Bertz CT molecular complexity index is 658. The minimum atomic E-state index is -4.92. The SMILES string of the molecule is CCOC(=O)C[C@](N[S@@](=O)C(C)(C)C)(c1cccc(OC)c1)C(F)(F)F. The molecule has 2 atom stereocenters. The van der Waals surface area contributed by atoms with Gasteiger partial charge in [0.15, 0.2) is 5.54 Å². The molecule has 1 N–H and O–H groups in total. The van der Waals surface area contributed by atoms with E-state index in [1.807, 2.05) is 0 Å². The molecule has 148 valence electrons. The van der Waals surface area contributed by atoms with Crippen LogP contribution >= 0.6 is 0 Å². The number of esters is 1. The van der Waals surface area contributed by atoms with Crippen molar-refractivity contribution in [2.24, 2.45) is 0 Å². The molecule has 0 aromatic heterocycles. The molecule has 0 radical (unpaired) electrons. The van der Waals surface area contributed by atoms with Gasteiger partial charge in [0.2, 0.25) is 0 Å². The molecule has 0 spiro atoms. The quantitative estimate of drug-likeness (QED) is 0.718. The second-order valence-electron chi connectivity index (χ2n) is 6.60. The first kappa shape index (κ1) is 22.4. The molecule has 1 rings (SSSR count). The molecule has 0 heterocycles. The molecular formula is C17H24F3NO4S. The van der Waals surface area contributed by atoms with Gasteiger partial charge in [0.05, 0.1) is 35.9 Å². The zero-order valence-electron chi connectivity index (χ0n) is 15.4. The second kappa shape index (κ2) is 8.39. The van der Waals surface area contributed by atoms with Crippen molar-refractivity contribution in [1.82, 2.24) is 4.72 Å². The van der Waals surface area contributed by atoms with Crippen molar-refractivity contribution < 1.29 is 31.6 Å². The Balaban J connectivity index is 3.57. The number of benzene rings is 1. The van der Waals surface area contributed by atoms with Gasteiger partial charge in [-0.1, -0.05) is 12.1 Å². The molecule has 0 saturated heterocycles. The molecule has 0 aliphatic rings. The number of halogens is 3. The van der Waals surface area contributed by atoms with Crippen LogP contribution < -0.4 is 9.46 Å². The van der Waals surface area contributed by atoms with Crippen LogP contribution in [0.15, 0.2) is 24.3 Å². The molecule has 0 aliphatic heterocycles. The van der Waals surface area contributed by atoms with Crippen molar-refractivity contribution >= 4 is 17.0 Å². The second-order valence-corrected chi connectivity index (χ2v) is 8.57. The highest BCUT2D eigenvalue weighted by atomic mass is 32.2. The fourth-order valence-electron chi connectivity index (χ4n) is 2.15. The van der Waals surface area contributed by atoms with Gasteiger partial charge in [0.1, 0.15) is 5.75 Å². The number of methoxy groups -OCH3 is 1. The van der Waals surface area contributed by atoms with Crippen molar-refractivity contribution in [3.8, 4) is 5.75 Å². The predicted molar refractivity (Wildman–Crippen MR) is 93.0 cm³/mol. The third-order valence-corrected chi connectivity index (χ3v) is 5.23. The van der Waals surface area contributed by atoms with Gasteiger partial charge in [-0.15, -0.1) is 0 Å². The summed E-state index contributed by atoms with van der Waals surface area (Å²) < 4.78 is 66.0. The lowest BCUT2D eigenvalue weighted by Crippen LogP contribution is -2.58. The molecule has 0 amide bonds. The number of alkyl halides is 3. The highest BCUT2D eigenvalue weighted by molar-refractivity contribution is 7.84. The summed E-state index contributed by atoms with van der Waals surface area (Å²) in [5.41, 5.74) is -3.17. The van der Waals surface area contributed by atoms with Gasteiger partial charge in [-0.25, -0.2) is 8.93 Å². The van der Waals surface area contributed by atoms with E-state index in [2.05, 4.69) is 4.72 Å². The molecule has 26 heavy (non-hydrogen) atoms. The lowest BCUT2D eigenvalue weighted by molar-refractivity contribution is -0.202. The lowest BCUT2D eigenvalue weighted by Gasteiger charge is -2.37. The van der Waals surface area contributed by atoms with Gasteiger partial charge in [0.25, 0.3) is 0 Å². The fourth-order valence-corrected chi connectivity index (χ4v) is 3.08. The summed E-state index contributed by atoms with van der Waals surface area (Å²) in [6, 6.07) is 5.24.